The minimum Gasteiger partial charge on any atom is -0.368 e. The Morgan fingerprint density at radius 1 is 1.29 bits per heavy atom. The van der Waals surface area contributed by atoms with Crippen molar-refractivity contribution < 1.29 is 28.9 Å². The van der Waals surface area contributed by atoms with Gasteiger partial charge in [-0.2, -0.15) is 0 Å². The quantitative estimate of drug-likeness (QED) is 0.615. The molecule has 0 aliphatic carbocycles. The van der Waals surface area contributed by atoms with E-state index in [1.54, 1.807) is 18.2 Å². The lowest BCUT2D eigenvalue weighted by Crippen LogP contribution is -2.33. The van der Waals surface area contributed by atoms with E-state index in [0.29, 0.717) is 11.0 Å². The van der Waals surface area contributed by atoms with Crippen molar-refractivity contribution in [2.45, 2.75) is 18.6 Å². The lowest BCUT2D eigenvalue weighted by molar-refractivity contribution is 0.134. The van der Waals surface area contributed by atoms with Gasteiger partial charge in [-0.3, -0.25) is 9.13 Å². The van der Waals surface area contributed by atoms with Crippen molar-refractivity contribution >= 4 is 26.0 Å². The minimum atomic E-state index is -5.24. The summed E-state index contributed by atoms with van der Waals surface area (Å²) < 4.78 is 24.5. The number of aliphatic hydroxyl groups is 1. The molecule has 0 radical (unpaired) electrons. The predicted molar refractivity (Wildman–Crippen MR) is 77.2 cm³/mol. The zero-order chi connectivity index (χ0) is 16.1. The van der Waals surface area contributed by atoms with Crippen LogP contribution >= 0.6 is 15.0 Å². The summed E-state index contributed by atoms with van der Waals surface area (Å²) in [6.07, 6.45) is 1.26. The van der Waals surface area contributed by atoms with E-state index in [4.69, 9.17) is 0 Å². The third kappa shape index (κ3) is 2.83. The summed E-state index contributed by atoms with van der Waals surface area (Å²) in [7, 11) is -9.74. The molecule has 2 aromatic rings. The Bertz CT molecular complexity index is 752. The normalized spacial score (nSPS) is 18.4. The zero-order valence-corrected chi connectivity index (χ0v) is 13.2. The second-order valence-corrected chi connectivity index (χ2v) is 9.74. The first-order valence-corrected chi connectivity index (χ1v) is 9.67. The highest BCUT2D eigenvalue weighted by Gasteiger charge is 2.57. The van der Waals surface area contributed by atoms with Gasteiger partial charge in [-0.15, -0.1) is 0 Å². The molecule has 8 nitrogen and oxygen atoms in total. The lowest BCUT2D eigenvalue weighted by atomic mass is 10.2. The lowest BCUT2D eigenvalue weighted by Gasteiger charge is -2.31. The summed E-state index contributed by atoms with van der Waals surface area (Å²) in [5.74, 6) is 0. The van der Waals surface area contributed by atoms with E-state index in [9.17, 15) is 28.9 Å². The average Bonchev–Trinajstić information content (AvgIpc) is 2.68. The highest BCUT2D eigenvalue weighted by atomic mass is 31.2. The number of hydrogen-bond acceptors (Lipinski definition) is 4. The summed E-state index contributed by atoms with van der Waals surface area (Å²) in [4.78, 5) is 32.2. The molecule has 10 heteroatoms. The van der Waals surface area contributed by atoms with E-state index in [-0.39, 0.29) is 0 Å². The second-order valence-electron chi connectivity index (χ2n) is 5.06. The molecule has 0 fully saturated rings. The first-order chi connectivity index (χ1) is 9.46. The maximum Gasteiger partial charge on any atom is 0.368 e. The van der Waals surface area contributed by atoms with E-state index in [1.165, 1.54) is 10.9 Å². The molecule has 2 unspecified atom stereocenters. The number of imidazole rings is 1. The predicted octanol–water partition coefficient (Wildman–Crippen LogP) is 1.07. The molecule has 116 valence electrons. The van der Waals surface area contributed by atoms with E-state index in [1.807, 2.05) is 6.92 Å². The Hall–Kier alpha value is -1.01. The number of benzene rings is 1. The molecule has 0 saturated carbocycles. The van der Waals surface area contributed by atoms with Gasteiger partial charge in [0, 0.05) is 6.66 Å². The summed E-state index contributed by atoms with van der Waals surface area (Å²) in [5, 5.41) is 7.09. The summed E-state index contributed by atoms with van der Waals surface area (Å²) >= 11 is 0. The van der Waals surface area contributed by atoms with Crippen molar-refractivity contribution in [2.75, 3.05) is 6.66 Å². The highest BCUT2D eigenvalue weighted by molar-refractivity contribution is 7.74. The molecule has 0 spiro atoms. The molecule has 2 atom stereocenters. The van der Waals surface area contributed by atoms with Crippen molar-refractivity contribution in [2.24, 2.45) is 0 Å². The van der Waals surface area contributed by atoms with Gasteiger partial charge in [0.05, 0.1) is 23.9 Å². The number of aryl methyl sites for hydroxylation is 1. The van der Waals surface area contributed by atoms with Crippen LogP contribution in [0.1, 0.15) is 5.56 Å². The molecule has 1 aromatic carbocycles. The van der Waals surface area contributed by atoms with E-state index < -0.39 is 26.6 Å². The molecule has 0 saturated heterocycles. The molecular weight excluding hydrogens is 318 g/mol. The first-order valence-electron chi connectivity index (χ1n) is 5.95. The number of aromatic nitrogens is 2. The molecule has 0 amide bonds. The Morgan fingerprint density at radius 3 is 2.43 bits per heavy atom. The van der Waals surface area contributed by atoms with E-state index in [0.717, 1.165) is 12.2 Å². The molecule has 0 aliphatic heterocycles. The van der Waals surface area contributed by atoms with Gasteiger partial charge in [0.1, 0.15) is 0 Å². The molecule has 0 bridgehead atoms. The summed E-state index contributed by atoms with van der Waals surface area (Å²) in [6.45, 7) is 1.84. The Kier molecular flexibility index (Phi) is 3.91. The van der Waals surface area contributed by atoms with Crippen molar-refractivity contribution in [1.82, 2.24) is 9.55 Å². The Labute approximate surface area is 120 Å². The third-order valence-electron chi connectivity index (χ3n) is 3.29. The standard InChI is InChI=1S/C11H16N2O6P2/c1-8-3-4-10-9(5-8)12-7-13(10)6-11(14,20(2,15)16)21(17,18)19/h3-5,7,14H,6H2,1-2H3,(H,15,16)(H2,17,18,19). The highest BCUT2D eigenvalue weighted by Crippen LogP contribution is 2.68. The summed E-state index contributed by atoms with van der Waals surface area (Å²) in [5.41, 5.74) is 2.01. The van der Waals surface area contributed by atoms with Crippen LogP contribution in [0.25, 0.3) is 11.0 Å². The Balaban J connectivity index is 2.55. The van der Waals surface area contributed by atoms with Crippen LogP contribution in [-0.4, -0.2) is 41.1 Å². The topological polar surface area (TPSA) is 133 Å². The molecule has 1 heterocycles. The number of hydrogen-bond donors (Lipinski definition) is 4. The van der Waals surface area contributed by atoms with Gasteiger partial charge in [-0.05, 0) is 24.6 Å². The van der Waals surface area contributed by atoms with Crippen molar-refractivity contribution in [3.05, 3.63) is 30.1 Å². The van der Waals surface area contributed by atoms with Crippen molar-refractivity contribution in [1.29, 1.82) is 0 Å². The van der Waals surface area contributed by atoms with Gasteiger partial charge in [-0.25, -0.2) is 4.98 Å². The molecule has 2 rings (SSSR count). The molecule has 4 N–H and O–H groups in total. The monoisotopic (exact) mass is 334 g/mol. The van der Waals surface area contributed by atoms with Crippen LogP contribution in [0.15, 0.2) is 24.5 Å². The number of rotatable bonds is 4. The fraction of sp³-hybridized carbons (Fsp3) is 0.364. The molecule has 0 aliphatic rings. The first kappa shape index (κ1) is 16.4. The fourth-order valence-corrected chi connectivity index (χ4v) is 4.68. The van der Waals surface area contributed by atoms with Crippen molar-refractivity contribution in [3.63, 3.8) is 0 Å². The van der Waals surface area contributed by atoms with Gasteiger partial charge < -0.3 is 24.4 Å². The van der Waals surface area contributed by atoms with Gasteiger partial charge >= 0.3 is 7.60 Å². The van der Waals surface area contributed by atoms with Gasteiger partial charge in [-0.1, -0.05) is 6.07 Å². The molecule has 1 aromatic heterocycles. The smallest absolute Gasteiger partial charge is 0.368 e. The van der Waals surface area contributed by atoms with Crippen LogP contribution in [0.4, 0.5) is 0 Å². The van der Waals surface area contributed by atoms with Crippen LogP contribution in [0.2, 0.25) is 0 Å². The largest absolute Gasteiger partial charge is 0.368 e. The zero-order valence-electron chi connectivity index (χ0n) is 11.4. The van der Waals surface area contributed by atoms with Crippen LogP contribution in [-0.2, 0) is 15.7 Å². The van der Waals surface area contributed by atoms with Crippen LogP contribution in [0, 0.1) is 6.92 Å². The molecule has 21 heavy (non-hydrogen) atoms. The van der Waals surface area contributed by atoms with E-state index >= 15 is 0 Å². The second kappa shape index (κ2) is 5.02. The van der Waals surface area contributed by atoms with Gasteiger partial charge in [0.15, 0.2) is 0 Å². The molecular formula is C11H16N2O6P2. The van der Waals surface area contributed by atoms with E-state index in [2.05, 4.69) is 4.98 Å². The van der Waals surface area contributed by atoms with Crippen molar-refractivity contribution in [3.8, 4) is 0 Å². The SMILES string of the molecule is Cc1ccc2c(c1)ncn2CC(O)(P(C)(=O)O)P(=O)(O)O. The van der Waals surface area contributed by atoms with Gasteiger partial charge in [0.25, 0.3) is 5.08 Å². The average molecular weight is 334 g/mol. The summed E-state index contributed by atoms with van der Waals surface area (Å²) in [6, 6.07) is 5.18. The van der Waals surface area contributed by atoms with Crippen LogP contribution < -0.4 is 0 Å². The van der Waals surface area contributed by atoms with Crippen LogP contribution in [0.3, 0.4) is 0 Å². The number of fused-ring (bicyclic) bond motifs is 1. The maximum atomic E-state index is 11.8. The minimum absolute atomic E-state index is 0.501. The Morgan fingerprint density at radius 2 is 1.90 bits per heavy atom. The van der Waals surface area contributed by atoms with Crippen LogP contribution in [0.5, 0.6) is 0 Å². The third-order valence-corrected chi connectivity index (χ3v) is 7.73. The maximum absolute atomic E-state index is 11.8. The fourth-order valence-electron chi connectivity index (χ4n) is 1.99. The van der Waals surface area contributed by atoms with Gasteiger partial charge in [0.2, 0.25) is 7.37 Å². The number of nitrogens with zero attached hydrogens (tertiary/aromatic N) is 2.